The number of sulfonamides is 1. The molecule has 2 fully saturated rings. The number of aromatic amines is 1. The van der Waals surface area contributed by atoms with Gasteiger partial charge in [-0.25, -0.2) is 13.4 Å². The quantitative estimate of drug-likeness (QED) is 0.512. The van der Waals surface area contributed by atoms with Crippen LogP contribution < -0.4 is 4.90 Å². The molecule has 2 saturated heterocycles. The summed E-state index contributed by atoms with van der Waals surface area (Å²) < 4.78 is 26.9. The summed E-state index contributed by atoms with van der Waals surface area (Å²) in [4.78, 5) is 23.2. The van der Waals surface area contributed by atoms with Crippen LogP contribution in [0.1, 0.15) is 30.0 Å². The lowest BCUT2D eigenvalue weighted by Crippen LogP contribution is -3.15. The Morgan fingerprint density at radius 2 is 1.61 bits per heavy atom. The number of hydrogen-bond donors (Lipinski definition) is 2. The van der Waals surface area contributed by atoms with Crippen LogP contribution in [-0.4, -0.2) is 72.8 Å². The first-order valence-corrected chi connectivity index (χ1v) is 14.2. The number of rotatable bonds is 6. The normalized spacial score (nSPS) is 19.3. The number of piperazine rings is 1. The highest BCUT2D eigenvalue weighted by Crippen LogP contribution is 2.25. The molecule has 0 radical (unpaired) electrons. The van der Waals surface area contributed by atoms with Crippen molar-refractivity contribution >= 4 is 27.5 Å². The molecule has 36 heavy (non-hydrogen) atoms. The molecule has 2 N–H and O–H groups in total. The fourth-order valence-corrected chi connectivity index (χ4v) is 6.88. The van der Waals surface area contributed by atoms with Crippen LogP contribution in [0.5, 0.6) is 0 Å². The zero-order valence-corrected chi connectivity index (χ0v) is 21.6. The number of carbonyl (C=O) groups is 1. The van der Waals surface area contributed by atoms with Gasteiger partial charge in [0.1, 0.15) is 6.04 Å². The van der Waals surface area contributed by atoms with Gasteiger partial charge in [-0.2, -0.15) is 4.31 Å². The third kappa shape index (κ3) is 5.20. The van der Waals surface area contributed by atoms with Crippen molar-refractivity contribution in [2.75, 3.05) is 39.3 Å². The average Bonchev–Trinajstić information content (AvgIpc) is 3.47. The molecule has 1 unspecified atom stereocenters. The van der Waals surface area contributed by atoms with E-state index in [9.17, 15) is 13.2 Å². The number of benzene rings is 2. The third-order valence-corrected chi connectivity index (χ3v) is 9.43. The number of H-pyrrole nitrogens is 1. The Bertz CT molecular complexity index is 1250. The zero-order valence-electron chi connectivity index (χ0n) is 20.0. The number of piperidine rings is 1. The van der Waals surface area contributed by atoms with Crippen molar-refractivity contribution in [3.05, 3.63) is 83.3 Å². The fraction of sp³-hybridized carbons (Fsp3) is 0.385. The van der Waals surface area contributed by atoms with Crippen LogP contribution in [0.25, 0.3) is 0 Å². The lowest BCUT2D eigenvalue weighted by Gasteiger charge is -2.39. The summed E-state index contributed by atoms with van der Waals surface area (Å²) in [5.74, 6) is 0.0105. The summed E-state index contributed by atoms with van der Waals surface area (Å²) in [6.07, 6.45) is 3.76. The molecule has 1 aromatic heterocycles. The van der Waals surface area contributed by atoms with Gasteiger partial charge in [0.05, 0.1) is 38.7 Å². The number of nitrogens with zero attached hydrogens (tertiary/aromatic N) is 3. The topological polar surface area (TPSA) is 90.8 Å². The van der Waals surface area contributed by atoms with Gasteiger partial charge < -0.3 is 14.8 Å². The maximum Gasteiger partial charge on any atom is 0.260 e. The molecule has 2 aliphatic rings. The van der Waals surface area contributed by atoms with Crippen LogP contribution in [0.2, 0.25) is 5.02 Å². The largest absolute Gasteiger partial charge is 0.335 e. The summed E-state index contributed by atoms with van der Waals surface area (Å²) in [6.45, 7) is 3.77. The molecular weight excluding hydrogens is 498 g/mol. The van der Waals surface area contributed by atoms with Crippen molar-refractivity contribution in [3.63, 3.8) is 0 Å². The van der Waals surface area contributed by atoms with Crippen LogP contribution in [0.3, 0.4) is 0 Å². The number of imidazole rings is 1. The lowest BCUT2D eigenvalue weighted by molar-refractivity contribution is -0.929. The van der Waals surface area contributed by atoms with Gasteiger partial charge in [-0.1, -0.05) is 54.1 Å². The first kappa shape index (κ1) is 25.0. The first-order valence-electron chi connectivity index (χ1n) is 12.4. The second-order valence-electron chi connectivity index (χ2n) is 9.47. The number of amides is 1. The smallest absolute Gasteiger partial charge is 0.260 e. The molecule has 1 amide bonds. The second-order valence-corrected chi connectivity index (χ2v) is 11.8. The maximum absolute atomic E-state index is 13.3. The van der Waals surface area contributed by atoms with E-state index in [0.717, 1.165) is 18.1 Å². The summed E-state index contributed by atoms with van der Waals surface area (Å²) in [5, 5.41) is 0.819. The molecule has 8 nitrogen and oxygen atoms in total. The maximum atomic E-state index is 13.3. The van der Waals surface area contributed by atoms with Crippen LogP contribution in [0.4, 0.5) is 0 Å². The molecule has 1 atom stereocenters. The molecule has 3 heterocycles. The van der Waals surface area contributed by atoms with Gasteiger partial charge in [0.15, 0.2) is 5.03 Å². The molecule has 0 spiro atoms. The van der Waals surface area contributed by atoms with E-state index in [0.29, 0.717) is 39.0 Å². The third-order valence-electron chi connectivity index (χ3n) is 7.36. The van der Waals surface area contributed by atoms with E-state index in [-0.39, 0.29) is 22.9 Å². The molecule has 190 valence electrons. The van der Waals surface area contributed by atoms with Gasteiger partial charge in [-0.05, 0) is 25.0 Å². The first-order chi connectivity index (χ1) is 17.4. The second kappa shape index (κ2) is 10.7. The number of nitrogens with one attached hydrogen (secondary N) is 2. The number of aromatic nitrogens is 2. The number of halogens is 1. The molecule has 0 aliphatic carbocycles. The minimum atomic E-state index is -3.59. The summed E-state index contributed by atoms with van der Waals surface area (Å²) >= 11 is 6.14. The zero-order chi connectivity index (χ0) is 25.1. The van der Waals surface area contributed by atoms with Crippen LogP contribution in [0.15, 0.2) is 72.1 Å². The average molecular weight is 529 g/mol. The monoisotopic (exact) mass is 528 g/mol. The molecular formula is C26H31ClN5O3S+. The number of hydrogen-bond acceptors (Lipinski definition) is 4. The van der Waals surface area contributed by atoms with Crippen molar-refractivity contribution < 1.29 is 18.1 Å². The summed E-state index contributed by atoms with van der Waals surface area (Å²) in [6, 6.07) is 18.7. The van der Waals surface area contributed by atoms with Crippen LogP contribution in [-0.2, 0) is 14.8 Å². The van der Waals surface area contributed by atoms with Crippen molar-refractivity contribution in [1.82, 2.24) is 19.2 Å². The van der Waals surface area contributed by atoms with Gasteiger partial charge in [0, 0.05) is 35.2 Å². The minimum absolute atomic E-state index is 0.0973. The van der Waals surface area contributed by atoms with E-state index in [1.54, 1.807) is 0 Å². The predicted molar refractivity (Wildman–Crippen MR) is 137 cm³/mol. The molecule has 0 saturated carbocycles. The van der Waals surface area contributed by atoms with E-state index < -0.39 is 10.0 Å². The van der Waals surface area contributed by atoms with E-state index >= 15 is 0 Å². The Morgan fingerprint density at radius 1 is 0.972 bits per heavy atom. The van der Waals surface area contributed by atoms with Gasteiger partial charge in [0.2, 0.25) is 5.91 Å². The van der Waals surface area contributed by atoms with E-state index in [4.69, 9.17) is 11.6 Å². The Kier molecular flexibility index (Phi) is 7.43. The van der Waals surface area contributed by atoms with E-state index in [1.807, 2.05) is 23.1 Å². The SMILES string of the molecule is O=C(C1CCN(S(=O)(=O)c2cnc[nH]2)CC1)N1CC[NH+](C(c2ccccc2)c2ccc(Cl)cc2)CC1. The standard InChI is InChI=1S/C26H30ClN5O3S/c27-23-8-6-21(7-9-23)25(20-4-2-1-3-5-20)30-14-16-31(17-15-30)26(33)22-10-12-32(13-11-22)36(34,35)24-18-28-19-29-24/h1-9,18-19,22,25H,10-17H2,(H,28,29)/p+1. The van der Waals surface area contributed by atoms with Gasteiger partial charge >= 0.3 is 0 Å². The highest BCUT2D eigenvalue weighted by molar-refractivity contribution is 7.89. The number of carbonyl (C=O) groups excluding carboxylic acids is 1. The fourth-order valence-electron chi connectivity index (χ4n) is 5.39. The minimum Gasteiger partial charge on any atom is -0.335 e. The van der Waals surface area contributed by atoms with Crippen molar-refractivity contribution in [3.8, 4) is 0 Å². The molecule has 0 bridgehead atoms. The highest BCUT2D eigenvalue weighted by Gasteiger charge is 2.37. The Labute approximate surface area is 216 Å². The van der Waals surface area contributed by atoms with Gasteiger partial charge in [-0.15, -0.1) is 0 Å². The highest BCUT2D eigenvalue weighted by atomic mass is 35.5. The lowest BCUT2D eigenvalue weighted by atomic mass is 9.95. The summed E-state index contributed by atoms with van der Waals surface area (Å²) in [5.41, 5.74) is 2.46. The predicted octanol–water partition coefficient (Wildman–Crippen LogP) is 1.98. The van der Waals surface area contributed by atoms with Crippen LogP contribution >= 0.6 is 11.6 Å². The molecule has 10 heteroatoms. The Hall–Kier alpha value is -2.72. The van der Waals surface area contributed by atoms with Crippen molar-refractivity contribution in [2.24, 2.45) is 5.92 Å². The molecule has 2 aliphatic heterocycles. The van der Waals surface area contributed by atoms with E-state index in [2.05, 4.69) is 46.4 Å². The van der Waals surface area contributed by atoms with Crippen LogP contribution in [0, 0.1) is 5.92 Å². The van der Waals surface area contributed by atoms with E-state index in [1.165, 1.54) is 32.9 Å². The summed E-state index contributed by atoms with van der Waals surface area (Å²) in [7, 11) is -3.59. The van der Waals surface area contributed by atoms with Crippen molar-refractivity contribution in [1.29, 1.82) is 0 Å². The number of quaternary nitrogens is 1. The van der Waals surface area contributed by atoms with Crippen molar-refractivity contribution in [2.45, 2.75) is 23.9 Å². The Balaban J connectivity index is 1.21. The van der Waals surface area contributed by atoms with Gasteiger partial charge in [-0.3, -0.25) is 4.79 Å². The molecule has 5 rings (SSSR count). The molecule has 3 aromatic rings. The van der Waals surface area contributed by atoms with Gasteiger partial charge in [0.25, 0.3) is 10.0 Å². The molecule has 2 aromatic carbocycles. The Morgan fingerprint density at radius 3 is 2.22 bits per heavy atom.